The number of ether oxygens (including phenoxy) is 1. The van der Waals surface area contributed by atoms with Crippen molar-refractivity contribution in [3.05, 3.63) is 42.2 Å². The van der Waals surface area contributed by atoms with E-state index in [0.29, 0.717) is 31.9 Å². The Hall–Kier alpha value is -2.02. The van der Waals surface area contributed by atoms with Crippen LogP contribution in [-0.4, -0.2) is 40.1 Å². The van der Waals surface area contributed by atoms with Crippen molar-refractivity contribution < 1.29 is 14.6 Å². The highest BCUT2D eigenvalue weighted by Crippen LogP contribution is 2.37. The number of aromatic nitrogens is 1. The van der Waals surface area contributed by atoms with Gasteiger partial charge < -0.3 is 20.5 Å². The van der Waals surface area contributed by atoms with Gasteiger partial charge in [-0.1, -0.05) is 26.8 Å². The molecule has 0 spiro atoms. The summed E-state index contributed by atoms with van der Waals surface area (Å²) in [6.45, 7) is 7.32. The maximum absolute atomic E-state index is 12.9. The van der Waals surface area contributed by atoms with Crippen molar-refractivity contribution in [2.45, 2.75) is 39.8 Å². The highest BCUT2D eigenvalue weighted by molar-refractivity contribution is 5.85. The van der Waals surface area contributed by atoms with Crippen LogP contribution in [0.15, 0.2) is 36.7 Å². The minimum Gasteiger partial charge on any atom is -0.504 e. The van der Waals surface area contributed by atoms with E-state index in [0.717, 1.165) is 16.7 Å². The normalized spacial score (nSPS) is 14.4. The third-order valence-electron chi connectivity index (χ3n) is 4.57. The summed E-state index contributed by atoms with van der Waals surface area (Å²) >= 11 is 0. The Morgan fingerprint density at radius 3 is 2.66 bits per heavy atom. The number of rotatable bonds is 3. The highest BCUT2D eigenvalue weighted by atomic mass is 35.5. The van der Waals surface area contributed by atoms with Crippen molar-refractivity contribution in [2.75, 3.05) is 13.2 Å². The lowest BCUT2D eigenvalue weighted by atomic mass is 9.88. The maximum atomic E-state index is 12.9. The Bertz CT molecular complexity index is 826. The van der Waals surface area contributed by atoms with Gasteiger partial charge in [0, 0.05) is 30.1 Å². The van der Waals surface area contributed by atoms with Gasteiger partial charge in [-0.05, 0) is 35.6 Å². The van der Waals surface area contributed by atoms with E-state index in [2.05, 4.69) is 25.8 Å². The molecule has 0 unspecified atom stereocenters. The molecule has 0 saturated carbocycles. The van der Waals surface area contributed by atoms with E-state index in [1.54, 1.807) is 23.4 Å². The smallest absolute Gasteiger partial charge is 0.239 e. The first-order chi connectivity index (χ1) is 12.7. The minimum absolute atomic E-state index is 0. The first-order valence-electron chi connectivity index (χ1n) is 9.18. The predicted molar refractivity (Wildman–Crippen MR) is 119 cm³/mol. The fourth-order valence-electron chi connectivity index (χ4n) is 3.37. The number of nitrogens with two attached hydrogens (primary N) is 1. The average Bonchev–Trinajstić information content (AvgIpc) is 2.83. The monoisotopic (exact) mass is 441 g/mol. The number of carbonyl (C=O) groups excluding carboxylic acids is 1. The van der Waals surface area contributed by atoms with Crippen molar-refractivity contribution in [1.29, 1.82) is 0 Å². The molecule has 0 radical (unpaired) electrons. The molecule has 1 aromatic carbocycles. The summed E-state index contributed by atoms with van der Waals surface area (Å²) < 4.78 is 5.73. The maximum Gasteiger partial charge on any atom is 0.239 e. The largest absolute Gasteiger partial charge is 0.504 e. The molecule has 29 heavy (non-hydrogen) atoms. The minimum atomic E-state index is -0.554. The second kappa shape index (κ2) is 10.1. The van der Waals surface area contributed by atoms with Gasteiger partial charge in [0.1, 0.15) is 6.61 Å². The van der Waals surface area contributed by atoms with Gasteiger partial charge in [0.15, 0.2) is 11.5 Å². The van der Waals surface area contributed by atoms with Crippen LogP contribution < -0.4 is 10.5 Å². The molecule has 6 nitrogen and oxygen atoms in total. The van der Waals surface area contributed by atoms with Gasteiger partial charge in [-0.3, -0.25) is 9.78 Å². The number of hydrogen-bond acceptors (Lipinski definition) is 5. The van der Waals surface area contributed by atoms with Gasteiger partial charge in [-0.15, -0.1) is 24.8 Å². The summed E-state index contributed by atoms with van der Waals surface area (Å²) in [6.07, 6.45) is 4.05. The van der Waals surface area contributed by atoms with Crippen LogP contribution in [0.1, 0.15) is 32.8 Å². The van der Waals surface area contributed by atoms with E-state index < -0.39 is 6.04 Å². The number of phenolic OH excluding ortho intramolecular Hbond substituents is 1. The molecule has 1 aromatic heterocycles. The second-order valence-corrected chi connectivity index (χ2v) is 8.20. The van der Waals surface area contributed by atoms with Crippen molar-refractivity contribution in [1.82, 2.24) is 9.88 Å². The molecule has 3 N–H and O–H groups in total. The summed E-state index contributed by atoms with van der Waals surface area (Å²) in [4.78, 5) is 18.7. The van der Waals surface area contributed by atoms with Crippen molar-refractivity contribution in [3.8, 4) is 22.6 Å². The van der Waals surface area contributed by atoms with Crippen molar-refractivity contribution in [3.63, 3.8) is 0 Å². The Morgan fingerprint density at radius 2 is 2.03 bits per heavy atom. The highest BCUT2D eigenvalue weighted by Gasteiger charge is 2.28. The van der Waals surface area contributed by atoms with Crippen LogP contribution in [0.2, 0.25) is 0 Å². The number of fused-ring (bicyclic) bond motifs is 1. The van der Waals surface area contributed by atoms with Crippen LogP contribution in [0.5, 0.6) is 11.5 Å². The molecule has 1 aliphatic rings. The predicted octanol–water partition coefficient (Wildman–Crippen LogP) is 3.78. The van der Waals surface area contributed by atoms with Crippen LogP contribution in [0, 0.1) is 5.41 Å². The van der Waals surface area contributed by atoms with Gasteiger partial charge in [0.25, 0.3) is 0 Å². The third kappa shape index (κ3) is 6.23. The zero-order valence-electron chi connectivity index (χ0n) is 16.9. The van der Waals surface area contributed by atoms with Gasteiger partial charge in [0.05, 0.1) is 12.6 Å². The summed E-state index contributed by atoms with van der Waals surface area (Å²) in [5, 5.41) is 10.4. The number of nitrogens with zero attached hydrogens (tertiary/aromatic N) is 2. The molecular weight excluding hydrogens is 413 g/mol. The van der Waals surface area contributed by atoms with E-state index in [-0.39, 0.29) is 41.9 Å². The van der Waals surface area contributed by atoms with Gasteiger partial charge in [-0.25, -0.2) is 0 Å². The molecular formula is C21H29Cl2N3O3. The number of carbonyl (C=O) groups is 1. The summed E-state index contributed by atoms with van der Waals surface area (Å²) in [5.41, 5.74) is 8.63. The fourth-order valence-corrected chi connectivity index (χ4v) is 3.37. The molecule has 0 saturated heterocycles. The molecule has 1 aliphatic heterocycles. The number of halogens is 2. The Balaban J connectivity index is 0.00000210. The molecule has 1 atom stereocenters. The summed E-state index contributed by atoms with van der Waals surface area (Å²) in [6, 6.07) is 6.82. The van der Waals surface area contributed by atoms with Crippen LogP contribution in [0.4, 0.5) is 0 Å². The van der Waals surface area contributed by atoms with E-state index >= 15 is 0 Å². The Labute approximate surface area is 184 Å². The molecule has 2 heterocycles. The van der Waals surface area contributed by atoms with E-state index in [1.165, 1.54) is 0 Å². The fraction of sp³-hybridized carbons (Fsp3) is 0.429. The molecule has 8 heteroatoms. The number of benzene rings is 1. The molecule has 160 valence electrons. The van der Waals surface area contributed by atoms with Crippen LogP contribution in [0.25, 0.3) is 11.1 Å². The lowest BCUT2D eigenvalue weighted by molar-refractivity contribution is -0.134. The number of phenols is 1. The van der Waals surface area contributed by atoms with Crippen LogP contribution >= 0.6 is 24.8 Å². The van der Waals surface area contributed by atoms with E-state index in [1.807, 2.05) is 18.2 Å². The topological polar surface area (TPSA) is 88.7 Å². The standard InChI is InChI=1S/C21H27N3O3.2ClH/c1-21(2,3)11-17(22)20(26)24-7-8-27-19-16(13-24)9-15(10-18(19)25)14-5-4-6-23-12-14;;/h4-6,9-10,12,17,25H,7-8,11,13,22H2,1-3H3;2*1H/t17-;;/m1../s1. The summed E-state index contributed by atoms with van der Waals surface area (Å²) in [7, 11) is 0. The van der Waals surface area contributed by atoms with Crippen LogP contribution in [-0.2, 0) is 11.3 Å². The number of amides is 1. The molecule has 1 amide bonds. The number of aromatic hydroxyl groups is 1. The number of hydrogen-bond donors (Lipinski definition) is 2. The zero-order valence-corrected chi connectivity index (χ0v) is 18.6. The molecule has 0 fully saturated rings. The molecule has 3 rings (SSSR count). The second-order valence-electron chi connectivity index (χ2n) is 8.20. The van der Waals surface area contributed by atoms with Gasteiger partial charge in [-0.2, -0.15) is 0 Å². The first kappa shape index (κ1) is 25.0. The molecule has 0 bridgehead atoms. The van der Waals surface area contributed by atoms with Gasteiger partial charge in [0.2, 0.25) is 5.91 Å². The van der Waals surface area contributed by atoms with Crippen molar-refractivity contribution >= 4 is 30.7 Å². The summed E-state index contributed by atoms with van der Waals surface area (Å²) in [5.74, 6) is 0.412. The van der Waals surface area contributed by atoms with Crippen LogP contribution in [0.3, 0.4) is 0 Å². The van der Waals surface area contributed by atoms with E-state index in [4.69, 9.17) is 10.5 Å². The lowest BCUT2D eigenvalue weighted by Gasteiger charge is -2.27. The van der Waals surface area contributed by atoms with Gasteiger partial charge >= 0.3 is 0 Å². The molecule has 0 aliphatic carbocycles. The Morgan fingerprint density at radius 1 is 1.31 bits per heavy atom. The third-order valence-corrected chi connectivity index (χ3v) is 4.57. The lowest BCUT2D eigenvalue weighted by Crippen LogP contribution is -2.45. The zero-order chi connectivity index (χ0) is 19.6. The van der Waals surface area contributed by atoms with Crippen molar-refractivity contribution in [2.24, 2.45) is 11.1 Å². The first-order valence-corrected chi connectivity index (χ1v) is 9.18. The quantitative estimate of drug-likeness (QED) is 0.755. The van der Waals surface area contributed by atoms with E-state index in [9.17, 15) is 9.90 Å². The molecule has 2 aromatic rings. The number of pyridine rings is 1. The average molecular weight is 442 g/mol. The Kier molecular flexibility index (Phi) is 8.75. The SMILES string of the molecule is CC(C)(C)C[C@@H](N)C(=O)N1CCOc2c(O)cc(-c3cccnc3)cc2C1.Cl.Cl.